The van der Waals surface area contributed by atoms with Crippen molar-refractivity contribution in [3.8, 4) is 0 Å². The van der Waals surface area contributed by atoms with E-state index in [1.54, 1.807) is 0 Å². The summed E-state index contributed by atoms with van der Waals surface area (Å²) >= 11 is 0. The van der Waals surface area contributed by atoms with Crippen molar-refractivity contribution in [3.63, 3.8) is 0 Å². The molecule has 1 aromatic carbocycles. The minimum absolute atomic E-state index is 0.116. The molecule has 3 rings (SSSR count). The molecule has 5 heteroatoms. The quantitative estimate of drug-likeness (QED) is 0.877. The van der Waals surface area contributed by atoms with E-state index < -0.39 is 6.04 Å². The van der Waals surface area contributed by atoms with Crippen molar-refractivity contribution in [2.24, 2.45) is 11.7 Å². The molecular weight excluding hydrogens is 278 g/mol. The average molecular weight is 301 g/mol. The Morgan fingerprint density at radius 3 is 2.32 bits per heavy atom. The van der Waals surface area contributed by atoms with Crippen molar-refractivity contribution in [3.05, 3.63) is 35.9 Å². The number of nitrogens with one attached hydrogen (secondary N) is 1. The van der Waals surface area contributed by atoms with Crippen molar-refractivity contribution >= 4 is 11.8 Å². The minimum Gasteiger partial charge on any atom is -0.352 e. The number of hydrogen-bond acceptors (Lipinski definition) is 3. The number of amides is 2. The third-order valence-corrected chi connectivity index (χ3v) is 4.52. The summed E-state index contributed by atoms with van der Waals surface area (Å²) in [5, 5.41) is 3.02. The van der Waals surface area contributed by atoms with Gasteiger partial charge in [-0.2, -0.15) is 0 Å². The third-order valence-electron chi connectivity index (χ3n) is 4.52. The lowest BCUT2D eigenvalue weighted by molar-refractivity contribution is -0.133. The van der Waals surface area contributed by atoms with Crippen molar-refractivity contribution in [2.75, 3.05) is 13.1 Å². The standard InChI is InChI=1S/C17H23N3O2/c18-15(12-4-2-1-3-5-12)16(21)19-14-8-10-20(11-9-14)17(22)13-6-7-13/h1-5,13-15H,6-11,18H2,(H,19,21). The Bertz CT molecular complexity index is 534. The molecule has 1 heterocycles. The number of carbonyl (C=O) groups excluding carboxylic acids is 2. The highest BCUT2D eigenvalue weighted by Gasteiger charge is 2.35. The van der Waals surface area contributed by atoms with E-state index in [1.165, 1.54) is 0 Å². The molecule has 0 aromatic heterocycles. The van der Waals surface area contributed by atoms with Crippen LogP contribution in [0.2, 0.25) is 0 Å². The van der Waals surface area contributed by atoms with Gasteiger partial charge < -0.3 is 16.0 Å². The molecule has 0 bridgehead atoms. The zero-order valence-electron chi connectivity index (χ0n) is 12.7. The summed E-state index contributed by atoms with van der Waals surface area (Å²) in [5.41, 5.74) is 6.82. The molecule has 22 heavy (non-hydrogen) atoms. The van der Waals surface area contributed by atoms with Crippen LogP contribution in [0.5, 0.6) is 0 Å². The third kappa shape index (κ3) is 3.47. The lowest BCUT2D eigenvalue weighted by Gasteiger charge is -2.33. The highest BCUT2D eigenvalue weighted by atomic mass is 16.2. The predicted octanol–water partition coefficient (Wildman–Crippen LogP) is 1.20. The Morgan fingerprint density at radius 2 is 1.73 bits per heavy atom. The monoisotopic (exact) mass is 301 g/mol. The predicted molar refractivity (Wildman–Crippen MR) is 83.8 cm³/mol. The van der Waals surface area contributed by atoms with E-state index in [4.69, 9.17) is 5.73 Å². The fourth-order valence-corrected chi connectivity index (χ4v) is 2.94. The van der Waals surface area contributed by atoms with Crippen molar-refractivity contribution < 1.29 is 9.59 Å². The lowest BCUT2D eigenvalue weighted by Crippen LogP contribution is -2.48. The van der Waals surface area contributed by atoms with Gasteiger partial charge in [0.1, 0.15) is 6.04 Å². The van der Waals surface area contributed by atoms with Crippen LogP contribution in [0.1, 0.15) is 37.3 Å². The Hall–Kier alpha value is -1.88. The molecule has 2 fully saturated rings. The van der Waals surface area contributed by atoms with Crippen LogP contribution in [0, 0.1) is 5.92 Å². The topological polar surface area (TPSA) is 75.4 Å². The van der Waals surface area contributed by atoms with Gasteiger partial charge in [-0.25, -0.2) is 0 Å². The second-order valence-corrected chi connectivity index (χ2v) is 6.27. The number of benzene rings is 1. The zero-order valence-corrected chi connectivity index (χ0v) is 12.7. The van der Waals surface area contributed by atoms with Gasteiger partial charge in [-0.05, 0) is 31.2 Å². The molecule has 1 aromatic rings. The molecule has 3 N–H and O–H groups in total. The van der Waals surface area contributed by atoms with Crippen LogP contribution >= 0.6 is 0 Å². The summed E-state index contributed by atoms with van der Waals surface area (Å²) in [6, 6.07) is 8.87. The van der Waals surface area contributed by atoms with E-state index in [9.17, 15) is 9.59 Å². The van der Waals surface area contributed by atoms with Gasteiger partial charge in [-0.3, -0.25) is 9.59 Å². The fourth-order valence-electron chi connectivity index (χ4n) is 2.94. The molecule has 5 nitrogen and oxygen atoms in total. The summed E-state index contributed by atoms with van der Waals surface area (Å²) in [5.74, 6) is 0.432. The van der Waals surface area contributed by atoms with Crippen LogP contribution in [-0.2, 0) is 9.59 Å². The first kappa shape index (κ1) is 15.0. The molecule has 0 spiro atoms. The Balaban J connectivity index is 1.48. The zero-order chi connectivity index (χ0) is 15.5. The number of nitrogens with two attached hydrogens (primary N) is 1. The fraction of sp³-hybridized carbons (Fsp3) is 0.529. The van der Waals surface area contributed by atoms with E-state index in [-0.39, 0.29) is 17.9 Å². The molecule has 1 aliphatic heterocycles. The van der Waals surface area contributed by atoms with Crippen molar-refractivity contribution in [1.29, 1.82) is 0 Å². The van der Waals surface area contributed by atoms with Gasteiger partial charge in [0, 0.05) is 25.0 Å². The normalized spacial score (nSPS) is 20.5. The molecule has 1 saturated carbocycles. The van der Waals surface area contributed by atoms with Crippen LogP contribution in [0.25, 0.3) is 0 Å². The first-order valence-electron chi connectivity index (χ1n) is 8.05. The minimum atomic E-state index is -0.632. The maximum Gasteiger partial charge on any atom is 0.241 e. The maximum atomic E-state index is 12.2. The van der Waals surface area contributed by atoms with Crippen LogP contribution in [0.4, 0.5) is 0 Å². The average Bonchev–Trinajstić information content (AvgIpc) is 3.40. The summed E-state index contributed by atoms with van der Waals surface area (Å²) in [7, 11) is 0. The van der Waals surface area contributed by atoms with Gasteiger partial charge in [0.2, 0.25) is 11.8 Å². The highest BCUT2D eigenvalue weighted by Crippen LogP contribution is 2.31. The number of piperidine rings is 1. The summed E-state index contributed by atoms with van der Waals surface area (Å²) in [4.78, 5) is 26.2. The number of rotatable bonds is 4. The Labute approximate surface area is 130 Å². The lowest BCUT2D eigenvalue weighted by atomic mass is 10.0. The largest absolute Gasteiger partial charge is 0.352 e. The SMILES string of the molecule is NC(C(=O)NC1CCN(C(=O)C2CC2)CC1)c1ccccc1. The number of hydrogen-bond donors (Lipinski definition) is 2. The van der Waals surface area contributed by atoms with E-state index in [1.807, 2.05) is 35.2 Å². The molecule has 118 valence electrons. The van der Waals surface area contributed by atoms with Gasteiger partial charge in [0.05, 0.1) is 0 Å². The van der Waals surface area contributed by atoms with Crippen LogP contribution in [0.3, 0.4) is 0 Å². The van der Waals surface area contributed by atoms with Crippen molar-refractivity contribution in [1.82, 2.24) is 10.2 Å². The van der Waals surface area contributed by atoms with Gasteiger partial charge in [-0.15, -0.1) is 0 Å². The summed E-state index contributed by atoms with van der Waals surface area (Å²) in [6.45, 7) is 1.47. The van der Waals surface area contributed by atoms with Gasteiger partial charge >= 0.3 is 0 Å². The maximum absolute atomic E-state index is 12.2. The number of carbonyl (C=O) groups is 2. The molecule has 1 unspecified atom stereocenters. The second kappa shape index (κ2) is 6.48. The van der Waals surface area contributed by atoms with E-state index in [2.05, 4.69) is 5.32 Å². The molecule has 1 saturated heterocycles. The Morgan fingerprint density at radius 1 is 1.09 bits per heavy atom. The Kier molecular flexibility index (Phi) is 4.43. The summed E-state index contributed by atoms with van der Waals surface area (Å²) in [6.07, 6.45) is 3.71. The van der Waals surface area contributed by atoms with E-state index in [0.29, 0.717) is 5.91 Å². The van der Waals surface area contributed by atoms with Gasteiger partial charge in [0.15, 0.2) is 0 Å². The molecule has 2 amide bonds. The first-order chi connectivity index (χ1) is 10.6. The van der Waals surface area contributed by atoms with Crippen LogP contribution in [0.15, 0.2) is 30.3 Å². The van der Waals surface area contributed by atoms with Gasteiger partial charge in [-0.1, -0.05) is 30.3 Å². The van der Waals surface area contributed by atoms with E-state index in [0.717, 1.165) is 44.3 Å². The molecule has 0 radical (unpaired) electrons. The highest BCUT2D eigenvalue weighted by molar-refractivity contribution is 5.83. The first-order valence-corrected chi connectivity index (χ1v) is 8.05. The molecule has 2 aliphatic rings. The molecule has 1 aliphatic carbocycles. The van der Waals surface area contributed by atoms with Gasteiger partial charge in [0.25, 0.3) is 0 Å². The van der Waals surface area contributed by atoms with Crippen LogP contribution < -0.4 is 11.1 Å². The number of likely N-dealkylation sites (tertiary alicyclic amines) is 1. The molecular formula is C17H23N3O2. The van der Waals surface area contributed by atoms with E-state index >= 15 is 0 Å². The number of nitrogens with zero attached hydrogens (tertiary/aromatic N) is 1. The van der Waals surface area contributed by atoms with Crippen LogP contribution in [-0.4, -0.2) is 35.8 Å². The smallest absolute Gasteiger partial charge is 0.241 e. The molecule has 1 atom stereocenters. The summed E-state index contributed by atoms with van der Waals surface area (Å²) < 4.78 is 0. The van der Waals surface area contributed by atoms with Crippen molar-refractivity contribution in [2.45, 2.75) is 37.8 Å². The second-order valence-electron chi connectivity index (χ2n) is 6.27.